The number of hydrogen-bond acceptors (Lipinski definition) is 4. The number of amides is 1. The third-order valence-electron chi connectivity index (χ3n) is 5.18. The minimum absolute atomic E-state index is 0. The molecule has 0 unspecified atom stereocenters. The van der Waals surface area contributed by atoms with Gasteiger partial charge in [-0.05, 0) is 37.1 Å². The molecule has 0 aromatic heterocycles. The molecule has 26 heavy (non-hydrogen) atoms. The summed E-state index contributed by atoms with van der Waals surface area (Å²) in [6.45, 7) is 5.57. The fraction of sp³-hybridized carbons (Fsp3) is 0.588. The molecule has 0 radical (unpaired) electrons. The first-order valence-corrected chi connectivity index (χ1v) is 10.4. The van der Waals surface area contributed by atoms with Crippen molar-refractivity contribution in [1.29, 1.82) is 0 Å². The zero-order chi connectivity index (χ0) is 18.7. The maximum Gasteiger partial charge on any atom is 0.243 e. The number of benzene rings is 1. The van der Waals surface area contributed by atoms with Crippen LogP contribution in [0.4, 0.5) is 0 Å². The average Bonchev–Trinajstić information content (AvgIpc) is 2.64. The van der Waals surface area contributed by atoms with Crippen LogP contribution in [-0.4, -0.2) is 56.3 Å². The molecular weight excluding hydrogens is 397 g/mol. The lowest BCUT2D eigenvalue weighted by atomic mass is 9.81. The molecule has 0 aliphatic carbocycles. The van der Waals surface area contributed by atoms with E-state index in [0.29, 0.717) is 37.5 Å². The Morgan fingerprint density at radius 1 is 1.12 bits per heavy atom. The Bertz CT molecular complexity index is 690. The first-order valence-electron chi connectivity index (χ1n) is 8.56. The molecule has 1 aromatic rings. The molecule has 1 saturated heterocycles. The number of sulfonamides is 1. The highest BCUT2D eigenvalue weighted by atomic mass is 35.5. The Labute approximate surface area is 167 Å². The Hall–Kier alpha value is -0.860. The molecule has 1 amide bonds. The fourth-order valence-electron chi connectivity index (χ4n) is 3.15. The summed E-state index contributed by atoms with van der Waals surface area (Å²) in [5.41, 5.74) is 5.31. The number of halogens is 2. The van der Waals surface area contributed by atoms with Gasteiger partial charge in [0.2, 0.25) is 15.9 Å². The second-order valence-electron chi connectivity index (χ2n) is 6.34. The molecule has 1 aromatic carbocycles. The van der Waals surface area contributed by atoms with E-state index in [-0.39, 0.29) is 36.3 Å². The summed E-state index contributed by atoms with van der Waals surface area (Å²) in [4.78, 5) is 14.8. The zero-order valence-corrected chi connectivity index (χ0v) is 17.5. The molecule has 0 spiro atoms. The van der Waals surface area contributed by atoms with E-state index in [2.05, 4.69) is 0 Å². The lowest BCUT2D eigenvalue weighted by Crippen LogP contribution is -2.55. The molecule has 0 atom stereocenters. The highest BCUT2D eigenvalue weighted by Crippen LogP contribution is 2.29. The van der Waals surface area contributed by atoms with Gasteiger partial charge in [-0.2, -0.15) is 4.31 Å². The van der Waals surface area contributed by atoms with Crippen LogP contribution >= 0.6 is 24.0 Å². The van der Waals surface area contributed by atoms with Gasteiger partial charge in [-0.3, -0.25) is 4.79 Å². The summed E-state index contributed by atoms with van der Waals surface area (Å²) >= 11 is 5.82. The molecule has 0 saturated carbocycles. The largest absolute Gasteiger partial charge is 0.340 e. The summed E-state index contributed by atoms with van der Waals surface area (Å²) in [6, 6.07) is 6.13. The summed E-state index contributed by atoms with van der Waals surface area (Å²) in [6.07, 6.45) is 1.37. The average molecular weight is 424 g/mol. The van der Waals surface area contributed by atoms with E-state index in [1.807, 2.05) is 13.8 Å². The summed E-state index contributed by atoms with van der Waals surface area (Å²) in [5, 5.41) is 0.492. The van der Waals surface area contributed by atoms with E-state index in [0.717, 1.165) is 0 Å². The number of rotatable bonds is 6. The Balaban J connectivity index is 0.00000338. The smallest absolute Gasteiger partial charge is 0.243 e. The third-order valence-corrected chi connectivity index (χ3v) is 7.34. The number of carbonyl (C=O) groups excluding carboxylic acids is 1. The van der Waals surface area contributed by atoms with Crippen molar-refractivity contribution >= 4 is 39.9 Å². The Kier molecular flexibility index (Phi) is 8.35. The van der Waals surface area contributed by atoms with Gasteiger partial charge in [-0.15, -0.1) is 12.4 Å². The monoisotopic (exact) mass is 423 g/mol. The molecule has 9 heteroatoms. The van der Waals surface area contributed by atoms with Gasteiger partial charge in [0, 0.05) is 37.7 Å². The van der Waals surface area contributed by atoms with E-state index in [1.54, 1.807) is 17.0 Å². The van der Waals surface area contributed by atoms with Crippen molar-refractivity contribution < 1.29 is 13.2 Å². The number of hydrogen-bond donors (Lipinski definition) is 1. The van der Waals surface area contributed by atoms with Gasteiger partial charge in [0.15, 0.2) is 0 Å². The molecule has 2 N–H and O–H groups in total. The zero-order valence-electron chi connectivity index (χ0n) is 15.2. The van der Waals surface area contributed by atoms with E-state index in [1.165, 1.54) is 16.4 Å². The maximum atomic E-state index is 12.8. The highest BCUT2D eigenvalue weighted by molar-refractivity contribution is 7.89. The van der Waals surface area contributed by atoms with Crippen molar-refractivity contribution in [1.82, 2.24) is 9.21 Å². The fourth-order valence-corrected chi connectivity index (χ4v) is 4.70. The van der Waals surface area contributed by atoms with Crippen LogP contribution in [0, 0.1) is 5.41 Å². The van der Waals surface area contributed by atoms with Crippen molar-refractivity contribution in [3.05, 3.63) is 29.3 Å². The van der Waals surface area contributed by atoms with Gasteiger partial charge in [0.05, 0.1) is 10.3 Å². The second kappa shape index (κ2) is 9.37. The lowest BCUT2D eigenvalue weighted by molar-refractivity contribution is -0.143. The van der Waals surface area contributed by atoms with Gasteiger partial charge in [0.25, 0.3) is 0 Å². The minimum Gasteiger partial charge on any atom is -0.340 e. The van der Waals surface area contributed by atoms with Crippen molar-refractivity contribution in [3.63, 3.8) is 0 Å². The Morgan fingerprint density at radius 3 is 2.04 bits per heavy atom. The predicted octanol–water partition coefficient (Wildman–Crippen LogP) is 2.36. The first kappa shape index (κ1) is 23.2. The first-order chi connectivity index (χ1) is 11.8. The van der Waals surface area contributed by atoms with Crippen molar-refractivity contribution in [3.8, 4) is 0 Å². The van der Waals surface area contributed by atoms with Crippen LogP contribution in [0.5, 0.6) is 0 Å². The van der Waals surface area contributed by atoms with Crippen LogP contribution in [-0.2, 0) is 14.8 Å². The molecule has 2 rings (SSSR count). The minimum atomic E-state index is -3.57. The SMILES string of the molecule is CCC(CC)(CN)C(=O)N1CCN(S(=O)(=O)c2ccc(Cl)cc2)CC1.Cl. The number of carbonyl (C=O) groups is 1. The third kappa shape index (κ3) is 4.51. The maximum absolute atomic E-state index is 12.8. The van der Waals surface area contributed by atoms with E-state index in [4.69, 9.17) is 17.3 Å². The molecule has 6 nitrogen and oxygen atoms in total. The molecule has 1 aliphatic rings. The lowest BCUT2D eigenvalue weighted by Gasteiger charge is -2.39. The summed E-state index contributed by atoms with van der Waals surface area (Å²) < 4.78 is 26.8. The van der Waals surface area contributed by atoms with Gasteiger partial charge in [-0.25, -0.2) is 8.42 Å². The summed E-state index contributed by atoms with van der Waals surface area (Å²) in [5.74, 6) is 0.0311. The Morgan fingerprint density at radius 2 is 1.62 bits per heavy atom. The molecule has 1 aliphatic heterocycles. The van der Waals surface area contributed by atoms with Crippen LogP contribution in [0.15, 0.2) is 29.2 Å². The molecule has 148 valence electrons. The normalized spacial score (nSPS) is 16.2. The number of piperazine rings is 1. The van der Waals surface area contributed by atoms with Crippen LogP contribution < -0.4 is 5.73 Å². The van der Waals surface area contributed by atoms with Crippen molar-refractivity contribution in [2.75, 3.05) is 32.7 Å². The number of nitrogens with zero attached hydrogens (tertiary/aromatic N) is 2. The van der Waals surface area contributed by atoms with Gasteiger partial charge in [-0.1, -0.05) is 25.4 Å². The summed E-state index contributed by atoms with van der Waals surface area (Å²) in [7, 11) is -3.57. The van der Waals surface area contributed by atoms with Crippen LogP contribution in [0.25, 0.3) is 0 Å². The van der Waals surface area contributed by atoms with Crippen LogP contribution in [0.1, 0.15) is 26.7 Å². The van der Waals surface area contributed by atoms with E-state index in [9.17, 15) is 13.2 Å². The van der Waals surface area contributed by atoms with Crippen molar-refractivity contribution in [2.24, 2.45) is 11.1 Å². The van der Waals surface area contributed by atoms with Crippen LogP contribution in [0.2, 0.25) is 5.02 Å². The predicted molar refractivity (Wildman–Crippen MR) is 106 cm³/mol. The second-order valence-corrected chi connectivity index (χ2v) is 8.72. The molecule has 1 fully saturated rings. The molecule has 1 heterocycles. The van der Waals surface area contributed by atoms with E-state index >= 15 is 0 Å². The van der Waals surface area contributed by atoms with Crippen LogP contribution in [0.3, 0.4) is 0 Å². The van der Waals surface area contributed by atoms with E-state index < -0.39 is 15.4 Å². The molecule has 0 bridgehead atoms. The van der Waals surface area contributed by atoms with Gasteiger partial charge >= 0.3 is 0 Å². The van der Waals surface area contributed by atoms with Gasteiger partial charge in [0.1, 0.15) is 0 Å². The van der Waals surface area contributed by atoms with Crippen molar-refractivity contribution in [2.45, 2.75) is 31.6 Å². The quantitative estimate of drug-likeness (QED) is 0.760. The number of nitrogens with two attached hydrogens (primary N) is 1. The standard InChI is InChI=1S/C17H26ClN3O3S.ClH/c1-3-17(4-2,13-19)16(22)20-9-11-21(12-10-20)25(23,24)15-7-5-14(18)6-8-15;/h5-8H,3-4,9-13,19H2,1-2H3;1H. The van der Waals surface area contributed by atoms with Gasteiger partial charge < -0.3 is 10.6 Å². The molecular formula is C17H27Cl2N3O3S. The topological polar surface area (TPSA) is 83.7 Å². The highest BCUT2D eigenvalue weighted by Gasteiger charge is 2.39.